The number of carbonyl (C=O) groups excluding carboxylic acids is 2. The lowest BCUT2D eigenvalue weighted by Crippen LogP contribution is -2.43. The van der Waals surface area contributed by atoms with Crippen LogP contribution in [-0.4, -0.2) is 35.7 Å². The van der Waals surface area contributed by atoms with Crippen LogP contribution < -0.4 is 0 Å². The van der Waals surface area contributed by atoms with E-state index in [9.17, 15) is 9.59 Å². The summed E-state index contributed by atoms with van der Waals surface area (Å²) in [6.07, 6.45) is 1.04. The van der Waals surface area contributed by atoms with Crippen LogP contribution >= 0.6 is 0 Å². The molecule has 1 amide bonds. The quantitative estimate of drug-likeness (QED) is 0.805. The Bertz CT molecular complexity index is 638. The highest BCUT2D eigenvalue weighted by Crippen LogP contribution is 2.32. The van der Waals surface area contributed by atoms with Gasteiger partial charge >= 0.3 is 12.1 Å². The topological polar surface area (TPSA) is 55.8 Å². The number of hydrogen-bond donors (Lipinski definition) is 0. The van der Waals surface area contributed by atoms with Crippen LogP contribution in [-0.2, 0) is 20.9 Å². The zero-order valence-corrected chi connectivity index (χ0v) is 13.5. The number of rotatable bonds is 3. The van der Waals surface area contributed by atoms with E-state index in [0.717, 1.165) is 24.0 Å². The maximum Gasteiger partial charge on any atom is 0.410 e. The molecule has 2 aliphatic heterocycles. The van der Waals surface area contributed by atoms with Gasteiger partial charge in [-0.2, -0.15) is 0 Å². The number of likely N-dealkylation sites (tertiary alicyclic amines) is 1. The van der Waals surface area contributed by atoms with Gasteiger partial charge in [0.1, 0.15) is 12.7 Å². The third kappa shape index (κ3) is 3.09. The SMILES string of the molecule is CC1=C(C)[C@@H]([C@H]2CCCN2C(=O)OCc2ccccc2)OC1=O. The van der Waals surface area contributed by atoms with E-state index >= 15 is 0 Å². The third-order valence-electron chi connectivity index (χ3n) is 4.65. The highest BCUT2D eigenvalue weighted by molar-refractivity contribution is 5.91. The molecular formula is C18H21NO4. The molecule has 1 fully saturated rings. The van der Waals surface area contributed by atoms with Gasteiger partial charge in [0.25, 0.3) is 0 Å². The number of nitrogens with zero attached hydrogens (tertiary/aromatic N) is 1. The molecule has 0 bridgehead atoms. The molecular weight excluding hydrogens is 294 g/mol. The standard InChI is InChI=1S/C18H21NO4/c1-12-13(2)17(20)23-16(12)15-9-6-10-19(15)18(21)22-11-14-7-4-3-5-8-14/h3-5,7-8,15-16H,6,9-11H2,1-2H3/t15-,16+/m1/s1. The van der Waals surface area contributed by atoms with Crippen molar-refractivity contribution in [2.45, 2.75) is 45.4 Å². The van der Waals surface area contributed by atoms with Crippen molar-refractivity contribution in [1.82, 2.24) is 4.90 Å². The second-order valence-electron chi connectivity index (χ2n) is 6.08. The number of benzene rings is 1. The van der Waals surface area contributed by atoms with Gasteiger partial charge in [0.2, 0.25) is 0 Å². The molecule has 23 heavy (non-hydrogen) atoms. The molecule has 1 aromatic rings. The summed E-state index contributed by atoms with van der Waals surface area (Å²) >= 11 is 0. The fourth-order valence-corrected chi connectivity index (χ4v) is 3.17. The van der Waals surface area contributed by atoms with Crippen LogP contribution in [0.2, 0.25) is 0 Å². The first-order valence-corrected chi connectivity index (χ1v) is 7.93. The lowest BCUT2D eigenvalue weighted by atomic mass is 10.0. The summed E-state index contributed by atoms with van der Waals surface area (Å²) in [6.45, 7) is 4.56. The zero-order chi connectivity index (χ0) is 16.4. The van der Waals surface area contributed by atoms with E-state index < -0.39 is 0 Å². The fourth-order valence-electron chi connectivity index (χ4n) is 3.17. The van der Waals surface area contributed by atoms with Gasteiger partial charge < -0.3 is 14.4 Å². The van der Waals surface area contributed by atoms with Crippen LogP contribution in [0.3, 0.4) is 0 Å². The minimum absolute atomic E-state index is 0.125. The number of hydrogen-bond acceptors (Lipinski definition) is 4. The Balaban J connectivity index is 1.65. The largest absolute Gasteiger partial charge is 0.452 e. The lowest BCUT2D eigenvalue weighted by Gasteiger charge is -2.28. The second-order valence-corrected chi connectivity index (χ2v) is 6.08. The Kier molecular flexibility index (Phi) is 4.37. The summed E-state index contributed by atoms with van der Waals surface area (Å²) in [5.74, 6) is -0.281. The molecule has 5 heteroatoms. The van der Waals surface area contributed by atoms with Crippen molar-refractivity contribution >= 4 is 12.1 Å². The molecule has 1 saturated heterocycles. The Morgan fingerprint density at radius 2 is 2.04 bits per heavy atom. The van der Waals surface area contributed by atoms with Gasteiger partial charge in [-0.25, -0.2) is 9.59 Å². The highest BCUT2D eigenvalue weighted by Gasteiger charge is 2.42. The van der Waals surface area contributed by atoms with Gasteiger partial charge in [0.05, 0.1) is 6.04 Å². The normalized spacial score (nSPS) is 24.1. The van der Waals surface area contributed by atoms with Crippen molar-refractivity contribution < 1.29 is 19.1 Å². The van der Waals surface area contributed by atoms with Crippen LogP contribution in [0.5, 0.6) is 0 Å². The maximum absolute atomic E-state index is 12.4. The molecule has 0 aromatic heterocycles. The molecule has 2 atom stereocenters. The van der Waals surface area contributed by atoms with E-state index in [1.165, 1.54) is 0 Å². The summed E-state index contributed by atoms with van der Waals surface area (Å²) in [5.41, 5.74) is 2.53. The molecule has 122 valence electrons. The van der Waals surface area contributed by atoms with Gasteiger partial charge in [-0.3, -0.25) is 0 Å². The van der Waals surface area contributed by atoms with Crippen LogP contribution in [0.1, 0.15) is 32.3 Å². The average molecular weight is 315 g/mol. The van der Waals surface area contributed by atoms with Crippen molar-refractivity contribution in [2.75, 3.05) is 6.54 Å². The molecule has 0 spiro atoms. The predicted octanol–water partition coefficient (Wildman–Crippen LogP) is 3.05. The first kappa shape index (κ1) is 15.6. The van der Waals surface area contributed by atoms with Gasteiger partial charge in [0, 0.05) is 12.1 Å². The molecule has 0 radical (unpaired) electrons. The summed E-state index contributed by atoms with van der Waals surface area (Å²) < 4.78 is 10.9. The molecule has 2 heterocycles. The van der Waals surface area contributed by atoms with E-state index in [0.29, 0.717) is 12.1 Å². The Hall–Kier alpha value is -2.30. The highest BCUT2D eigenvalue weighted by atomic mass is 16.6. The van der Waals surface area contributed by atoms with Crippen molar-refractivity contribution in [3.63, 3.8) is 0 Å². The lowest BCUT2D eigenvalue weighted by molar-refractivity contribution is -0.141. The molecule has 0 aliphatic carbocycles. The molecule has 3 rings (SSSR count). The van der Waals surface area contributed by atoms with E-state index in [4.69, 9.17) is 9.47 Å². The smallest absolute Gasteiger partial charge is 0.410 e. The van der Waals surface area contributed by atoms with Crippen LogP contribution in [0.25, 0.3) is 0 Å². The first-order chi connectivity index (χ1) is 11.1. The molecule has 0 unspecified atom stereocenters. The molecule has 2 aliphatic rings. The number of cyclic esters (lactones) is 1. The van der Waals surface area contributed by atoms with Gasteiger partial charge in [-0.1, -0.05) is 30.3 Å². The summed E-state index contributed by atoms with van der Waals surface area (Å²) in [6, 6.07) is 9.47. The molecule has 0 saturated carbocycles. The first-order valence-electron chi connectivity index (χ1n) is 7.93. The van der Waals surface area contributed by atoms with Crippen LogP contribution in [0.15, 0.2) is 41.5 Å². The Morgan fingerprint density at radius 3 is 2.70 bits per heavy atom. The number of carbonyl (C=O) groups is 2. The van der Waals surface area contributed by atoms with E-state index in [1.807, 2.05) is 37.3 Å². The van der Waals surface area contributed by atoms with Crippen molar-refractivity contribution in [3.05, 3.63) is 47.0 Å². The van der Waals surface area contributed by atoms with Gasteiger partial charge in [-0.05, 0) is 37.8 Å². The Morgan fingerprint density at radius 1 is 1.30 bits per heavy atom. The second kappa shape index (κ2) is 6.44. The molecule has 1 aromatic carbocycles. The molecule has 5 nitrogen and oxygen atoms in total. The minimum Gasteiger partial charge on any atom is -0.452 e. The van der Waals surface area contributed by atoms with Crippen molar-refractivity contribution in [2.24, 2.45) is 0 Å². The number of ether oxygens (including phenoxy) is 2. The van der Waals surface area contributed by atoms with E-state index in [2.05, 4.69) is 0 Å². The van der Waals surface area contributed by atoms with E-state index in [-0.39, 0.29) is 30.8 Å². The van der Waals surface area contributed by atoms with Crippen LogP contribution in [0.4, 0.5) is 4.79 Å². The summed E-state index contributed by atoms with van der Waals surface area (Å²) in [5, 5.41) is 0. The van der Waals surface area contributed by atoms with Crippen molar-refractivity contribution in [1.29, 1.82) is 0 Å². The predicted molar refractivity (Wildman–Crippen MR) is 84.6 cm³/mol. The average Bonchev–Trinajstić information content (AvgIpc) is 3.14. The summed E-state index contributed by atoms with van der Waals surface area (Å²) in [4.78, 5) is 25.8. The maximum atomic E-state index is 12.4. The van der Waals surface area contributed by atoms with Crippen molar-refractivity contribution in [3.8, 4) is 0 Å². The Labute approximate surface area is 135 Å². The summed E-state index contributed by atoms with van der Waals surface area (Å²) in [7, 11) is 0. The van der Waals surface area contributed by atoms with Gasteiger partial charge in [-0.15, -0.1) is 0 Å². The van der Waals surface area contributed by atoms with Gasteiger partial charge in [0.15, 0.2) is 0 Å². The zero-order valence-electron chi connectivity index (χ0n) is 13.5. The third-order valence-corrected chi connectivity index (χ3v) is 4.65. The monoisotopic (exact) mass is 315 g/mol. The van der Waals surface area contributed by atoms with Crippen LogP contribution in [0, 0.1) is 0 Å². The minimum atomic E-state index is -0.343. The van der Waals surface area contributed by atoms with E-state index in [1.54, 1.807) is 11.8 Å². The fraction of sp³-hybridized carbons (Fsp3) is 0.444. The number of esters is 1. The molecule has 0 N–H and O–H groups in total. The number of amides is 1.